The number of aliphatic hydroxyl groups excluding tert-OH is 1. The smallest absolute Gasteiger partial charge is 0.315 e. The van der Waals surface area contributed by atoms with Crippen LogP contribution in [0.2, 0.25) is 0 Å². The van der Waals surface area contributed by atoms with Crippen LogP contribution in [0.15, 0.2) is 24.3 Å². The van der Waals surface area contributed by atoms with E-state index in [1.54, 1.807) is 7.11 Å². The lowest BCUT2D eigenvalue weighted by Crippen LogP contribution is -2.46. The average Bonchev–Trinajstić information content (AvgIpc) is 2.52. The third kappa shape index (κ3) is 4.45. The number of carbonyl (C=O) groups is 1. The van der Waals surface area contributed by atoms with Crippen LogP contribution in [0.5, 0.6) is 0 Å². The summed E-state index contributed by atoms with van der Waals surface area (Å²) < 4.78 is 5.16. The molecule has 1 aromatic carbocycles. The second-order valence-corrected chi connectivity index (χ2v) is 6.06. The first-order valence-corrected chi connectivity index (χ1v) is 7.87. The number of carbonyl (C=O) groups excluding carboxylic acids is 1. The van der Waals surface area contributed by atoms with Crippen LogP contribution in [0.3, 0.4) is 0 Å². The van der Waals surface area contributed by atoms with Gasteiger partial charge in [0, 0.05) is 26.8 Å². The molecule has 0 aliphatic heterocycles. The average molecular weight is 306 g/mol. The Labute approximate surface area is 132 Å². The highest BCUT2D eigenvalue weighted by atomic mass is 16.5. The van der Waals surface area contributed by atoms with Gasteiger partial charge in [-0.3, -0.25) is 0 Å². The number of urea groups is 1. The molecule has 0 radical (unpaired) electrons. The summed E-state index contributed by atoms with van der Waals surface area (Å²) in [6.45, 7) is 1.85. The highest BCUT2D eigenvalue weighted by molar-refractivity contribution is 5.73. The molecule has 0 heterocycles. The lowest BCUT2D eigenvalue weighted by atomic mass is 9.67. The Balaban J connectivity index is 1.76. The summed E-state index contributed by atoms with van der Waals surface area (Å²) in [5.74, 6) is 0. The minimum absolute atomic E-state index is 0.0143. The Morgan fingerprint density at radius 1 is 1.27 bits per heavy atom. The van der Waals surface area contributed by atoms with Gasteiger partial charge in [0.25, 0.3) is 0 Å². The number of nitrogens with one attached hydrogen (secondary N) is 2. The highest BCUT2D eigenvalue weighted by Crippen LogP contribution is 2.43. The fraction of sp³-hybridized carbons (Fsp3) is 0.588. The Hall–Kier alpha value is -1.59. The Morgan fingerprint density at radius 3 is 2.59 bits per heavy atom. The van der Waals surface area contributed by atoms with Crippen molar-refractivity contribution in [1.29, 1.82) is 0 Å². The van der Waals surface area contributed by atoms with Crippen LogP contribution >= 0.6 is 0 Å². The van der Waals surface area contributed by atoms with Gasteiger partial charge < -0.3 is 20.5 Å². The zero-order valence-corrected chi connectivity index (χ0v) is 13.2. The van der Waals surface area contributed by atoms with Crippen molar-refractivity contribution in [3.8, 4) is 0 Å². The molecular weight excluding hydrogens is 280 g/mol. The number of hydrogen-bond donors (Lipinski definition) is 3. The topological polar surface area (TPSA) is 70.6 Å². The van der Waals surface area contributed by atoms with Crippen molar-refractivity contribution in [2.75, 3.05) is 20.3 Å². The van der Waals surface area contributed by atoms with Crippen molar-refractivity contribution in [3.63, 3.8) is 0 Å². The SMILES string of the molecule is COCCC1(CNC(=O)NCc2ccccc2CO)CCC1. The summed E-state index contributed by atoms with van der Waals surface area (Å²) in [5, 5.41) is 15.1. The third-order valence-electron chi connectivity index (χ3n) is 4.60. The van der Waals surface area contributed by atoms with E-state index >= 15 is 0 Å². The number of methoxy groups -OCH3 is 1. The summed E-state index contributed by atoms with van der Waals surface area (Å²) in [7, 11) is 1.71. The predicted octanol–water partition coefficient (Wildman–Crippen LogP) is 2.18. The lowest BCUT2D eigenvalue weighted by molar-refractivity contribution is 0.0712. The molecule has 2 rings (SSSR count). The first kappa shape index (κ1) is 16.8. The molecule has 0 unspecified atom stereocenters. The molecule has 1 saturated carbocycles. The van der Waals surface area contributed by atoms with Crippen LogP contribution in [0.25, 0.3) is 0 Å². The van der Waals surface area contributed by atoms with Gasteiger partial charge in [-0.05, 0) is 35.8 Å². The maximum absolute atomic E-state index is 12.0. The molecule has 1 aliphatic carbocycles. The van der Waals surface area contributed by atoms with E-state index in [0.29, 0.717) is 13.1 Å². The molecule has 5 heteroatoms. The van der Waals surface area contributed by atoms with Gasteiger partial charge in [0.2, 0.25) is 0 Å². The number of aliphatic hydroxyl groups is 1. The standard InChI is InChI=1S/C17H26N2O3/c1-22-10-9-17(7-4-8-17)13-19-16(21)18-11-14-5-2-3-6-15(14)12-20/h2-3,5-6,20H,4,7-13H2,1H3,(H2,18,19,21). The molecule has 22 heavy (non-hydrogen) atoms. The molecule has 5 nitrogen and oxygen atoms in total. The number of amides is 2. The molecule has 0 bridgehead atoms. The van der Waals surface area contributed by atoms with E-state index in [9.17, 15) is 9.90 Å². The number of benzene rings is 1. The molecule has 0 spiro atoms. The molecule has 0 atom stereocenters. The first-order chi connectivity index (χ1) is 10.7. The summed E-state index contributed by atoms with van der Waals surface area (Å²) in [4.78, 5) is 12.0. The van der Waals surface area contributed by atoms with Gasteiger partial charge in [-0.15, -0.1) is 0 Å². The van der Waals surface area contributed by atoms with Gasteiger partial charge in [0.1, 0.15) is 0 Å². The van der Waals surface area contributed by atoms with E-state index in [0.717, 1.165) is 37.0 Å². The fourth-order valence-electron chi connectivity index (χ4n) is 2.90. The Bertz CT molecular complexity index is 487. The van der Waals surface area contributed by atoms with Crippen LogP contribution in [-0.4, -0.2) is 31.4 Å². The molecule has 0 aromatic heterocycles. The van der Waals surface area contributed by atoms with E-state index < -0.39 is 0 Å². The van der Waals surface area contributed by atoms with E-state index in [2.05, 4.69) is 10.6 Å². The van der Waals surface area contributed by atoms with Crippen LogP contribution < -0.4 is 10.6 Å². The van der Waals surface area contributed by atoms with Crippen LogP contribution in [0.1, 0.15) is 36.8 Å². The summed E-state index contributed by atoms with van der Waals surface area (Å²) in [5.41, 5.74) is 2.01. The molecular formula is C17H26N2O3. The monoisotopic (exact) mass is 306 g/mol. The molecule has 1 aliphatic rings. The molecule has 122 valence electrons. The normalized spacial score (nSPS) is 15.9. The minimum atomic E-state index is -0.156. The summed E-state index contributed by atoms with van der Waals surface area (Å²) in [6.07, 6.45) is 4.54. The van der Waals surface area contributed by atoms with Crippen molar-refractivity contribution in [2.45, 2.75) is 38.8 Å². The summed E-state index contributed by atoms with van der Waals surface area (Å²) in [6, 6.07) is 7.41. The third-order valence-corrected chi connectivity index (χ3v) is 4.60. The highest BCUT2D eigenvalue weighted by Gasteiger charge is 2.36. The molecule has 1 fully saturated rings. The number of hydrogen-bond acceptors (Lipinski definition) is 3. The summed E-state index contributed by atoms with van der Waals surface area (Å²) >= 11 is 0. The molecule has 0 saturated heterocycles. The first-order valence-electron chi connectivity index (χ1n) is 7.87. The Kier molecular flexibility index (Phi) is 6.21. The predicted molar refractivity (Wildman–Crippen MR) is 85.4 cm³/mol. The van der Waals surface area contributed by atoms with Crippen molar-refractivity contribution in [3.05, 3.63) is 35.4 Å². The zero-order chi connectivity index (χ0) is 15.8. The van der Waals surface area contributed by atoms with Crippen LogP contribution in [0.4, 0.5) is 4.79 Å². The quantitative estimate of drug-likeness (QED) is 0.689. The molecule has 1 aromatic rings. The second-order valence-electron chi connectivity index (χ2n) is 6.06. The van der Waals surface area contributed by atoms with Crippen molar-refractivity contribution in [1.82, 2.24) is 10.6 Å². The minimum Gasteiger partial charge on any atom is -0.392 e. The second kappa shape index (κ2) is 8.15. The Morgan fingerprint density at radius 2 is 2.00 bits per heavy atom. The van der Waals surface area contributed by atoms with Crippen LogP contribution in [0, 0.1) is 5.41 Å². The maximum Gasteiger partial charge on any atom is 0.315 e. The van der Waals surface area contributed by atoms with E-state index in [-0.39, 0.29) is 18.1 Å². The van der Waals surface area contributed by atoms with Crippen LogP contribution in [-0.2, 0) is 17.9 Å². The van der Waals surface area contributed by atoms with Gasteiger partial charge in [0.05, 0.1) is 6.61 Å². The largest absolute Gasteiger partial charge is 0.392 e. The van der Waals surface area contributed by atoms with Gasteiger partial charge >= 0.3 is 6.03 Å². The van der Waals surface area contributed by atoms with Gasteiger partial charge in [0.15, 0.2) is 0 Å². The van der Waals surface area contributed by atoms with Gasteiger partial charge in [-0.25, -0.2) is 4.79 Å². The van der Waals surface area contributed by atoms with E-state index in [1.807, 2.05) is 24.3 Å². The van der Waals surface area contributed by atoms with E-state index in [4.69, 9.17) is 4.74 Å². The van der Waals surface area contributed by atoms with E-state index in [1.165, 1.54) is 6.42 Å². The number of rotatable bonds is 8. The maximum atomic E-state index is 12.0. The number of ether oxygens (including phenoxy) is 1. The fourth-order valence-corrected chi connectivity index (χ4v) is 2.90. The van der Waals surface area contributed by atoms with Crippen molar-refractivity contribution < 1.29 is 14.6 Å². The van der Waals surface area contributed by atoms with Crippen molar-refractivity contribution in [2.24, 2.45) is 5.41 Å². The lowest BCUT2D eigenvalue weighted by Gasteiger charge is -2.42. The van der Waals surface area contributed by atoms with Gasteiger partial charge in [-0.2, -0.15) is 0 Å². The molecule has 2 amide bonds. The van der Waals surface area contributed by atoms with Gasteiger partial charge in [-0.1, -0.05) is 30.7 Å². The zero-order valence-electron chi connectivity index (χ0n) is 13.2. The van der Waals surface area contributed by atoms with Crippen molar-refractivity contribution >= 4 is 6.03 Å². The molecule has 3 N–H and O–H groups in total.